The van der Waals surface area contributed by atoms with Crippen molar-refractivity contribution >= 4 is 16.9 Å². The molecule has 144 valence electrons. The van der Waals surface area contributed by atoms with E-state index in [9.17, 15) is 14.7 Å². The van der Waals surface area contributed by atoms with E-state index in [1.165, 1.54) is 0 Å². The van der Waals surface area contributed by atoms with Gasteiger partial charge in [-0.15, -0.1) is 0 Å². The number of nitrogens with one attached hydrogen (secondary N) is 1. The lowest BCUT2D eigenvalue weighted by Crippen LogP contribution is -2.49. The molecule has 28 heavy (non-hydrogen) atoms. The Morgan fingerprint density at radius 2 is 2.07 bits per heavy atom. The van der Waals surface area contributed by atoms with E-state index in [0.29, 0.717) is 25.6 Å². The highest BCUT2D eigenvalue weighted by molar-refractivity contribution is 5.89. The van der Waals surface area contributed by atoms with E-state index in [-0.39, 0.29) is 11.5 Å². The molecule has 0 unspecified atom stereocenters. The summed E-state index contributed by atoms with van der Waals surface area (Å²) in [4.78, 5) is 29.9. The van der Waals surface area contributed by atoms with Gasteiger partial charge in [-0.05, 0) is 37.5 Å². The van der Waals surface area contributed by atoms with Crippen LogP contribution in [0, 0.1) is 12.8 Å². The van der Waals surface area contributed by atoms with Crippen molar-refractivity contribution in [2.75, 3.05) is 13.1 Å². The maximum Gasteiger partial charge on any atom is 0.325 e. The fourth-order valence-electron chi connectivity index (χ4n) is 5.11. The zero-order chi connectivity index (χ0) is 19.4. The van der Waals surface area contributed by atoms with E-state index in [4.69, 9.17) is 0 Å². The topological polar surface area (TPSA) is 78.3 Å². The van der Waals surface area contributed by atoms with E-state index in [1.54, 1.807) is 6.07 Å². The van der Waals surface area contributed by atoms with Crippen molar-refractivity contribution in [2.45, 2.75) is 31.8 Å². The Kier molecular flexibility index (Phi) is 3.91. The number of aromatic amines is 1. The zero-order valence-electron chi connectivity index (χ0n) is 15.8. The molecular weight excluding hydrogens is 354 g/mol. The van der Waals surface area contributed by atoms with Crippen LogP contribution in [0.1, 0.15) is 35.2 Å². The van der Waals surface area contributed by atoms with Gasteiger partial charge in [0, 0.05) is 60.0 Å². The average molecular weight is 377 g/mol. The Bertz CT molecular complexity index is 1130. The molecule has 0 radical (unpaired) electrons. The number of pyridine rings is 1. The molecule has 2 N–H and O–H groups in total. The zero-order valence-corrected chi connectivity index (χ0v) is 15.8. The third-order valence-corrected chi connectivity index (χ3v) is 6.27. The lowest BCUT2D eigenvalue weighted by molar-refractivity contribution is -0.144. The number of aromatic nitrogens is 2. The molecule has 5 rings (SSSR count). The van der Waals surface area contributed by atoms with Crippen LogP contribution in [-0.2, 0) is 11.3 Å². The first kappa shape index (κ1) is 17.3. The highest BCUT2D eigenvalue weighted by Crippen LogP contribution is 2.39. The van der Waals surface area contributed by atoms with Crippen molar-refractivity contribution < 1.29 is 9.90 Å². The second-order valence-corrected chi connectivity index (χ2v) is 8.19. The maximum atomic E-state index is 12.3. The largest absolute Gasteiger partial charge is 0.480 e. The van der Waals surface area contributed by atoms with Gasteiger partial charge < -0.3 is 14.7 Å². The minimum atomic E-state index is -0.826. The van der Waals surface area contributed by atoms with Gasteiger partial charge in [-0.1, -0.05) is 17.7 Å². The smallest absolute Gasteiger partial charge is 0.325 e. The molecule has 2 aliphatic rings. The predicted molar refractivity (Wildman–Crippen MR) is 107 cm³/mol. The van der Waals surface area contributed by atoms with Crippen molar-refractivity contribution in [1.82, 2.24) is 14.5 Å². The summed E-state index contributed by atoms with van der Waals surface area (Å²) in [5.41, 5.74) is 3.97. The number of hydrogen-bond acceptors (Lipinski definition) is 3. The summed E-state index contributed by atoms with van der Waals surface area (Å²) in [5, 5.41) is 11.1. The maximum absolute atomic E-state index is 12.3. The summed E-state index contributed by atoms with van der Waals surface area (Å²) < 4.78 is 1.88. The van der Waals surface area contributed by atoms with Gasteiger partial charge in [-0.3, -0.25) is 14.5 Å². The van der Waals surface area contributed by atoms with Gasteiger partial charge >= 0.3 is 5.97 Å². The van der Waals surface area contributed by atoms with Crippen molar-refractivity contribution in [2.24, 2.45) is 5.92 Å². The molecule has 2 bridgehead atoms. The first-order valence-corrected chi connectivity index (χ1v) is 9.75. The number of carbonyl (C=O) groups is 1. The molecule has 2 aromatic heterocycles. The Hall–Kier alpha value is -2.86. The van der Waals surface area contributed by atoms with Gasteiger partial charge in [0.05, 0.1) is 0 Å². The minimum absolute atomic E-state index is 0.0440. The highest BCUT2D eigenvalue weighted by Gasteiger charge is 2.40. The number of benzene rings is 1. The van der Waals surface area contributed by atoms with Crippen LogP contribution in [0.15, 0.2) is 47.4 Å². The number of piperidine rings is 1. The molecule has 3 atom stereocenters. The molecule has 6 nitrogen and oxygen atoms in total. The fraction of sp³-hybridized carbons (Fsp3) is 0.364. The third-order valence-electron chi connectivity index (χ3n) is 6.27. The number of hydrogen-bond donors (Lipinski definition) is 2. The summed E-state index contributed by atoms with van der Waals surface area (Å²) in [6.07, 6.45) is 2.85. The summed E-state index contributed by atoms with van der Waals surface area (Å²) in [7, 11) is 0. The number of carboxylic acid groups (broad SMARTS) is 1. The van der Waals surface area contributed by atoms with Crippen LogP contribution in [0.4, 0.5) is 0 Å². The van der Waals surface area contributed by atoms with Gasteiger partial charge in [-0.25, -0.2) is 0 Å². The number of nitrogens with zero attached hydrogens (tertiary/aromatic N) is 2. The van der Waals surface area contributed by atoms with Crippen LogP contribution < -0.4 is 5.56 Å². The van der Waals surface area contributed by atoms with Crippen molar-refractivity contribution in [3.63, 3.8) is 0 Å². The highest BCUT2D eigenvalue weighted by atomic mass is 16.4. The van der Waals surface area contributed by atoms with E-state index in [2.05, 4.69) is 16.0 Å². The summed E-state index contributed by atoms with van der Waals surface area (Å²) in [6, 6.07) is 10.8. The normalized spacial score (nSPS) is 22.8. The summed E-state index contributed by atoms with van der Waals surface area (Å²) in [5.74, 6) is -0.344. The molecule has 3 aromatic rings. The molecule has 1 aromatic carbocycles. The monoisotopic (exact) mass is 377 g/mol. The lowest BCUT2D eigenvalue weighted by Gasteiger charge is -2.44. The van der Waals surface area contributed by atoms with Crippen LogP contribution in [0.5, 0.6) is 0 Å². The molecule has 4 heterocycles. The van der Waals surface area contributed by atoms with E-state index in [1.807, 2.05) is 42.0 Å². The number of H-pyrrole nitrogens is 1. The first-order chi connectivity index (χ1) is 13.5. The van der Waals surface area contributed by atoms with Crippen LogP contribution in [-0.4, -0.2) is 38.6 Å². The van der Waals surface area contributed by atoms with Gasteiger partial charge in [0.25, 0.3) is 5.56 Å². The van der Waals surface area contributed by atoms with Gasteiger partial charge in [0.2, 0.25) is 0 Å². The predicted octanol–water partition coefficient (Wildman–Crippen LogP) is 2.88. The Morgan fingerprint density at radius 1 is 1.21 bits per heavy atom. The number of rotatable bonds is 3. The molecule has 0 spiro atoms. The number of likely N-dealkylation sites (tertiary alicyclic amines) is 1. The molecule has 1 saturated heterocycles. The first-order valence-electron chi connectivity index (χ1n) is 9.75. The van der Waals surface area contributed by atoms with E-state index in [0.717, 1.165) is 34.1 Å². The Morgan fingerprint density at radius 3 is 2.89 bits per heavy atom. The molecular formula is C22H23N3O3. The second kappa shape index (κ2) is 6.34. The minimum Gasteiger partial charge on any atom is -0.480 e. The van der Waals surface area contributed by atoms with Crippen molar-refractivity contribution in [3.05, 3.63) is 69.8 Å². The number of carboxylic acids is 1. The SMILES string of the molecule is Cc1ccc2[nH]cc([C@@H](C(=O)O)N3C[C@H]4C[C@@H](C3)c3cccc(=O)n3C4)c2c1. The second-order valence-electron chi connectivity index (χ2n) is 8.19. The molecule has 0 amide bonds. The third kappa shape index (κ3) is 2.67. The summed E-state index contributed by atoms with van der Waals surface area (Å²) in [6.45, 7) is 4.02. The van der Waals surface area contributed by atoms with Gasteiger partial charge in [0.1, 0.15) is 6.04 Å². The molecule has 2 aliphatic heterocycles. The lowest BCUT2D eigenvalue weighted by atomic mass is 9.82. The van der Waals surface area contributed by atoms with E-state index < -0.39 is 12.0 Å². The molecule has 6 heteroatoms. The van der Waals surface area contributed by atoms with Gasteiger partial charge in [0.15, 0.2) is 0 Å². The fourth-order valence-corrected chi connectivity index (χ4v) is 5.11. The molecule has 0 aliphatic carbocycles. The van der Waals surface area contributed by atoms with E-state index >= 15 is 0 Å². The van der Waals surface area contributed by atoms with Gasteiger partial charge in [-0.2, -0.15) is 0 Å². The Balaban J connectivity index is 1.55. The Labute approximate surface area is 162 Å². The van der Waals surface area contributed by atoms with Crippen molar-refractivity contribution in [1.29, 1.82) is 0 Å². The van der Waals surface area contributed by atoms with Crippen LogP contribution >= 0.6 is 0 Å². The van der Waals surface area contributed by atoms with Crippen LogP contribution in [0.3, 0.4) is 0 Å². The van der Waals surface area contributed by atoms with Crippen LogP contribution in [0.2, 0.25) is 0 Å². The molecule has 1 fully saturated rings. The molecule has 0 saturated carbocycles. The number of aryl methyl sites for hydroxylation is 1. The standard InChI is InChI=1S/C22H23N3O3/c1-13-5-6-18-16(7-13)17(9-23-18)21(22(27)28)24-10-14-8-15(12-24)19-3-2-4-20(26)25(19)11-14/h2-7,9,14-15,21,23H,8,10-12H2,1H3,(H,27,28)/t14-,15+,21+/m1/s1. The number of fused-ring (bicyclic) bond motifs is 5. The quantitative estimate of drug-likeness (QED) is 0.736. The van der Waals surface area contributed by atoms with Crippen LogP contribution in [0.25, 0.3) is 10.9 Å². The number of aliphatic carboxylic acids is 1. The summed E-state index contributed by atoms with van der Waals surface area (Å²) >= 11 is 0. The average Bonchev–Trinajstić information content (AvgIpc) is 3.05. The van der Waals surface area contributed by atoms with Crippen molar-refractivity contribution in [3.8, 4) is 0 Å².